The first kappa shape index (κ1) is 23.7. The Morgan fingerprint density at radius 3 is 2.68 bits per heavy atom. The molecule has 37 heavy (non-hydrogen) atoms. The van der Waals surface area contributed by atoms with Gasteiger partial charge in [-0.15, -0.1) is 0 Å². The Kier molecular flexibility index (Phi) is 6.41. The molecule has 0 bridgehead atoms. The molecule has 11 nitrogen and oxygen atoms in total. The van der Waals surface area contributed by atoms with Crippen LogP contribution in [0.1, 0.15) is 24.0 Å². The van der Waals surface area contributed by atoms with Gasteiger partial charge in [0.25, 0.3) is 0 Å². The second-order valence-electron chi connectivity index (χ2n) is 9.43. The number of nitrogens with two attached hydrogens (primary N) is 1. The third kappa shape index (κ3) is 4.61. The number of rotatable bonds is 5. The van der Waals surface area contributed by atoms with Gasteiger partial charge in [-0.3, -0.25) is 20.8 Å². The molecule has 6 rings (SSSR count). The Morgan fingerprint density at radius 2 is 1.92 bits per heavy atom. The Hall–Kier alpha value is -3.67. The molecule has 3 aliphatic rings. The Labute approximate surface area is 215 Å². The summed E-state index contributed by atoms with van der Waals surface area (Å²) in [5.74, 6) is 0.761. The van der Waals surface area contributed by atoms with Crippen molar-refractivity contribution in [3.8, 4) is 17.0 Å². The van der Waals surface area contributed by atoms with Crippen LogP contribution in [0.5, 0.6) is 5.75 Å². The standard InChI is InChI=1S/C26H32N8O3/c1-35-21-15-19(34-9-13-37-14-10-34)4-5-20(21)26(27)30-24(29-18-6-11-36-12-7-18)22-23(32-33-25(22)31-26)17-3-2-8-28-16-17/h2-5,8,15-16,18H,6-7,9-14,27H2,1H3,(H,29,30)(H2,31,32,33). The molecular weight excluding hydrogens is 472 g/mol. The van der Waals surface area contributed by atoms with Crippen LogP contribution in [0, 0.1) is 0 Å². The molecule has 1 unspecified atom stereocenters. The number of nitrogens with one attached hydrogen (secondary N) is 3. The van der Waals surface area contributed by atoms with Crippen molar-refractivity contribution in [3.63, 3.8) is 0 Å². The number of ether oxygens (including phenoxy) is 3. The number of H-pyrrole nitrogens is 1. The van der Waals surface area contributed by atoms with Crippen LogP contribution in [0.2, 0.25) is 0 Å². The van der Waals surface area contributed by atoms with Crippen LogP contribution in [0.25, 0.3) is 11.3 Å². The lowest BCUT2D eigenvalue weighted by Gasteiger charge is -2.39. The predicted octanol–water partition coefficient (Wildman–Crippen LogP) is 2.03. The summed E-state index contributed by atoms with van der Waals surface area (Å²) in [6, 6.07) is 10.1. The van der Waals surface area contributed by atoms with Gasteiger partial charge >= 0.3 is 0 Å². The smallest absolute Gasteiger partial charge is 0.195 e. The Balaban J connectivity index is 1.41. The third-order valence-electron chi connectivity index (χ3n) is 7.07. The molecule has 5 N–H and O–H groups in total. The molecule has 11 heteroatoms. The van der Waals surface area contributed by atoms with Crippen molar-refractivity contribution >= 4 is 17.3 Å². The Morgan fingerprint density at radius 1 is 1.11 bits per heavy atom. The highest BCUT2D eigenvalue weighted by Crippen LogP contribution is 2.37. The number of nitrogens with zero attached hydrogens (tertiary/aromatic N) is 4. The molecule has 3 aliphatic heterocycles. The number of benzene rings is 1. The lowest BCUT2D eigenvalue weighted by atomic mass is 9.99. The fourth-order valence-corrected chi connectivity index (χ4v) is 5.10. The molecule has 2 aromatic heterocycles. The van der Waals surface area contributed by atoms with Gasteiger partial charge in [0.1, 0.15) is 11.6 Å². The summed E-state index contributed by atoms with van der Waals surface area (Å²) in [7, 11) is 1.66. The van der Waals surface area contributed by atoms with E-state index in [4.69, 9.17) is 24.9 Å². The maximum atomic E-state index is 7.04. The van der Waals surface area contributed by atoms with E-state index < -0.39 is 5.79 Å². The average Bonchev–Trinajstić information content (AvgIpc) is 3.38. The van der Waals surface area contributed by atoms with Crippen molar-refractivity contribution in [2.75, 3.05) is 56.8 Å². The van der Waals surface area contributed by atoms with Gasteiger partial charge in [-0.05, 0) is 37.1 Å². The molecule has 2 fully saturated rings. The topological polar surface area (TPSA) is 135 Å². The number of aliphatic imine (C=N–C) groups is 1. The zero-order chi connectivity index (χ0) is 25.2. The van der Waals surface area contributed by atoms with Crippen LogP contribution in [-0.4, -0.2) is 73.7 Å². The fraction of sp³-hybridized carbons (Fsp3) is 0.423. The number of hydrogen-bond acceptors (Lipinski definition) is 9. The van der Waals surface area contributed by atoms with E-state index in [0.717, 1.165) is 54.0 Å². The normalized spacial score (nSPS) is 23.3. The van der Waals surface area contributed by atoms with Crippen molar-refractivity contribution in [1.29, 1.82) is 0 Å². The van der Waals surface area contributed by atoms with E-state index in [1.54, 1.807) is 19.5 Å². The second kappa shape index (κ2) is 10.0. The fourth-order valence-electron chi connectivity index (χ4n) is 5.10. The molecule has 2 saturated heterocycles. The highest BCUT2D eigenvalue weighted by molar-refractivity contribution is 6.10. The zero-order valence-corrected chi connectivity index (χ0v) is 20.9. The van der Waals surface area contributed by atoms with Crippen molar-refractivity contribution in [3.05, 3.63) is 53.9 Å². The SMILES string of the molecule is COc1cc(N2CCOCC2)ccc1C1(N)NC(=NC2CCOCC2)c2c(n[nH]c2-c2cccnc2)N1. The van der Waals surface area contributed by atoms with Crippen molar-refractivity contribution < 1.29 is 14.2 Å². The summed E-state index contributed by atoms with van der Waals surface area (Å²) in [5, 5.41) is 14.7. The van der Waals surface area contributed by atoms with Crippen molar-refractivity contribution in [2.45, 2.75) is 24.7 Å². The molecular formula is C26H32N8O3. The van der Waals surface area contributed by atoms with Crippen molar-refractivity contribution in [2.24, 2.45) is 10.7 Å². The van der Waals surface area contributed by atoms with Gasteiger partial charge in [-0.25, -0.2) is 0 Å². The van der Waals surface area contributed by atoms with Crippen LogP contribution in [0.15, 0.2) is 47.7 Å². The summed E-state index contributed by atoms with van der Waals surface area (Å²) >= 11 is 0. The highest BCUT2D eigenvalue weighted by atomic mass is 16.5. The highest BCUT2D eigenvalue weighted by Gasteiger charge is 2.40. The summed E-state index contributed by atoms with van der Waals surface area (Å²) in [5.41, 5.74) is 11.4. The van der Waals surface area contributed by atoms with Crippen molar-refractivity contribution in [1.82, 2.24) is 20.5 Å². The molecule has 0 aliphatic carbocycles. The lowest BCUT2D eigenvalue weighted by molar-refractivity contribution is 0.0870. The van der Waals surface area contributed by atoms with Gasteiger partial charge < -0.3 is 29.7 Å². The first-order chi connectivity index (χ1) is 18.1. The van der Waals surface area contributed by atoms with Crippen LogP contribution >= 0.6 is 0 Å². The van der Waals surface area contributed by atoms with E-state index in [1.165, 1.54) is 0 Å². The first-order valence-corrected chi connectivity index (χ1v) is 12.7. The minimum absolute atomic E-state index is 0.119. The van der Waals surface area contributed by atoms with E-state index in [1.807, 2.05) is 24.3 Å². The summed E-state index contributed by atoms with van der Waals surface area (Å²) in [6.07, 6.45) is 5.25. The number of fused-ring (bicyclic) bond motifs is 1. The third-order valence-corrected chi connectivity index (χ3v) is 7.07. The number of anilines is 2. The average molecular weight is 505 g/mol. The molecule has 5 heterocycles. The molecule has 3 aromatic rings. The van der Waals surface area contributed by atoms with Gasteiger partial charge in [0.05, 0.1) is 43.2 Å². The zero-order valence-electron chi connectivity index (χ0n) is 20.9. The summed E-state index contributed by atoms with van der Waals surface area (Å²) in [6.45, 7) is 4.48. The minimum Gasteiger partial charge on any atom is -0.496 e. The number of morpholine rings is 1. The molecule has 1 aromatic carbocycles. The van der Waals surface area contributed by atoms with Gasteiger partial charge in [0, 0.05) is 56.0 Å². The van der Waals surface area contributed by atoms with E-state index in [9.17, 15) is 0 Å². The summed E-state index contributed by atoms with van der Waals surface area (Å²) < 4.78 is 16.9. The summed E-state index contributed by atoms with van der Waals surface area (Å²) in [4.78, 5) is 11.7. The van der Waals surface area contributed by atoms with Crippen LogP contribution in [-0.2, 0) is 15.3 Å². The molecule has 0 saturated carbocycles. The molecule has 0 spiro atoms. The van der Waals surface area contributed by atoms with Gasteiger partial charge in [0.2, 0.25) is 0 Å². The number of amidine groups is 1. The van der Waals surface area contributed by atoms with Crippen LogP contribution < -0.4 is 26.0 Å². The van der Waals surface area contributed by atoms with E-state index in [0.29, 0.717) is 43.8 Å². The number of aromatic amines is 1. The molecule has 0 radical (unpaired) electrons. The lowest BCUT2D eigenvalue weighted by Crippen LogP contribution is -2.61. The monoisotopic (exact) mass is 504 g/mol. The predicted molar refractivity (Wildman–Crippen MR) is 141 cm³/mol. The number of methoxy groups -OCH3 is 1. The van der Waals surface area contributed by atoms with Crippen LogP contribution in [0.4, 0.5) is 11.5 Å². The van der Waals surface area contributed by atoms with Gasteiger partial charge in [0.15, 0.2) is 11.6 Å². The number of aromatic nitrogens is 3. The van der Waals surface area contributed by atoms with Gasteiger partial charge in [-0.2, -0.15) is 5.10 Å². The molecule has 194 valence electrons. The number of pyridine rings is 1. The van der Waals surface area contributed by atoms with Crippen LogP contribution in [0.3, 0.4) is 0 Å². The number of hydrogen-bond donors (Lipinski definition) is 4. The second-order valence-corrected chi connectivity index (χ2v) is 9.43. The Bertz CT molecular complexity index is 1270. The van der Waals surface area contributed by atoms with E-state index >= 15 is 0 Å². The quantitative estimate of drug-likeness (QED) is 0.412. The first-order valence-electron chi connectivity index (χ1n) is 12.7. The maximum absolute atomic E-state index is 7.04. The minimum atomic E-state index is -1.20. The van der Waals surface area contributed by atoms with E-state index in [2.05, 4.69) is 36.8 Å². The maximum Gasteiger partial charge on any atom is 0.195 e. The largest absolute Gasteiger partial charge is 0.496 e. The molecule has 0 amide bonds. The van der Waals surface area contributed by atoms with Gasteiger partial charge in [-0.1, -0.05) is 0 Å². The van der Waals surface area contributed by atoms with E-state index in [-0.39, 0.29) is 6.04 Å². The molecule has 1 atom stereocenters.